The number of carbonyl (C=O) groups is 2. The Labute approximate surface area is 114 Å². The van der Waals surface area contributed by atoms with Crippen molar-refractivity contribution in [1.29, 1.82) is 0 Å². The van der Waals surface area contributed by atoms with Gasteiger partial charge in [-0.3, -0.25) is 0 Å². The summed E-state index contributed by atoms with van der Waals surface area (Å²) in [6.07, 6.45) is 0. The Hall–Kier alpha value is -1.34. The van der Waals surface area contributed by atoms with E-state index in [1.807, 2.05) is 20.8 Å². The van der Waals surface area contributed by atoms with Crippen LogP contribution in [0.5, 0.6) is 0 Å². The van der Waals surface area contributed by atoms with E-state index < -0.39 is 17.6 Å². The van der Waals surface area contributed by atoms with E-state index in [9.17, 15) is 14.7 Å². The first-order valence-electron chi connectivity index (χ1n) is 6.45. The maximum absolute atomic E-state index is 11.5. The van der Waals surface area contributed by atoms with Gasteiger partial charge in [-0.25, -0.2) is 9.59 Å². The van der Waals surface area contributed by atoms with Crippen molar-refractivity contribution in [3.05, 3.63) is 0 Å². The SMILES string of the molecule is CCN(CC)CC(C)NC(=O)NCC(C)(O)C(=O)O. The summed E-state index contributed by atoms with van der Waals surface area (Å²) in [6.45, 7) is 9.26. The maximum Gasteiger partial charge on any atom is 0.337 e. The van der Waals surface area contributed by atoms with E-state index in [0.29, 0.717) is 0 Å². The molecule has 0 aliphatic carbocycles. The molecule has 0 aromatic carbocycles. The van der Waals surface area contributed by atoms with Crippen molar-refractivity contribution in [2.45, 2.75) is 39.3 Å². The predicted octanol–water partition coefficient (Wildman–Crippen LogP) is -0.148. The Bertz CT molecular complexity index is 303. The van der Waals surface area contributed by atoms with Gasteiger partial charge in [0, 0.05) is 12.6 Å². The Morgan fingerprint density at radius 3 is 2.26 bits per heavy atom. The lowest BCUT2D eigenvalue weighted by atomic mass is 10.1. The van der Waals surface area contributed by atoms with Crippen molar-refractivity contribution >= 4 is 12.0 Å². The van der Waals surface area contributed by atoms with Crippen LogP contribution in [0.1, 0.15) is 27.7 Å². The minimum atomic E-state index is -1.96. The molecule has 0 aliphatic rings. The van der Waals surface area contributed by atoms with Gasteiger partial charge in [-0.05, 0) is 26.9 Å². The molecule has 19 heavy (non-hydrogen) atoms. The molecular weight excluding hydrogens is 250 g/mol. The Balaban J connectivity index is 4.08. The molecule has 0 spiro atoms. The van der Waals surface area contributed by atoms with Gasteiger partial charge in [0.1, 0.15) is 0 Å². The molecule has 2 amide bonds. The van der Waals surface area contributed by atoms with Crippen molar-refractivity contribution in [2.75, 3.05) is 26.2 Å². The fraction of sp³-hybridized carbons (Fsp3) is 0.833. The summed E-state index contributed by atoms with van der Waals surface area (Å²) in [5, 5.41) is 23.2. The predicted molar refractivity (Wildman–Crippen MR) is 72.0 cm³/mol. The molecule has 0 saturated carbocycles. The normalized spacial score (nSPS) is 15.7. The molecule has 2 atom stereocenters. The first-order valence-corrected chi connectivity index (χ1v) is 6.45. The van der Waals surface area contributed by atoms with Crippen LogP contribution < -0.4 is 10.6 Å². The topological polar surface area (TPSA) is 102 Å². The molecule has 7 heteroatoms. The number of nitrogens with one attached hydrogen (secondary N) is 2. The number of carboxylic acids is 1. The van der Waals surface area contributed by atoms with Gasteiger partial charge in [-0.1, -0.05) is 13.8 Å². The summed E-state index contributed by atoms with van der Waals surface area (Å²) in [6, 6.07) is -0.546. The van der Waals surface area contributed by atoms with Crippen LogP contribution in [0.25, 0.3) is 0 Å². The second kappa shape index (κ2) is 7.96. The molecule has 112 valence electrons. The minimum absolute atomic E-state index is 0.0605. The van der Waals surface area contributed by atoms with Crippen LogP contribution in [0, 0.1) is 0 Å². The summed E-state index contributed by atoms with van der Waals surface area (Å²) in [7, 11) is 0. The number of rotatable bonds is 8. The van der Waals surface area contributed by atoms with E-state index in [0.717, 1.165) is 26.6 Å². The minimum Gasteiger partial charge on any atom is -0.479 e. The highest BCUT2D eigenvalue weighted by molar-refractivity contribution is 5.79. The third-order valence-electron chi connectivity index (χ3n) is 2.86. The zero-order valence-corrected chi connectivity index (χ0v) is 12.1. The van der Waals surface area contributed by atoms with Crippen molar-refractivity contribution in [2.24, 2.45) is 0 Å². The quantitative estimate of drug-likeness (QED) is 0.493. The molecule has 2 unspecified atom stereocenters. The van der Waals surface area contributed by atoms with Crippen LogP contribution in [-0.4, -0.2) is 64.9 Å². The van der Waals surface area contributed by atoms with E-state index in [1.165, 1.54) is 0 Å². The standard InChI is InChI=1S/C12H25N3O4/c1-5-15(6-2)7-9(3)14-11(18)13-8-12(4,19)10(16)17/h9,19H,5-8H2,1-4H3,(H,16,17)(H2,13,14,18). The zero-order chi connectivity index (χ0) is 15.1. The maximum atomic E-state index is 11.5. The number of likely N-dealkylation sites (N-methyl/N-ethyl adjacent to an activating group) is 1. The molecule has 0 bridgehead atoms. The molecule has 0 aliphatic heterocycles. The molecule has 0 saturated heterocycles. The third-order valence-corrected chi connectivity index (χ3v) is 2.86. The van der Waals surface area contributed by atoms with Crippen LogP contribution in [0.15, 0.2) is 0 Å². The number of hydrogen-bond donors (Lipinski definition) is 4. The summed E-state index contributed by atoms with van der Waals surface area (Å²) >= 11 is 0. The summed E-state index contributed by atoms with van der Waals surface area (Å²) < 4.78 is 0. The first kappa shape index (κ1) is 17.7. The Morgan fingerprint density at radius 1 is 1.32 bits per heavy atom. The van der Waals surface area contributed by atoms with Gasteiger partial charge in [0.05, 0.1) is 6.54 Å². The lowest BCUT2D eigenvalue weighted by molar-refractivity contribution is -0.155. The van der Waals surface area contributed by atoms with E-state index >= 15 is 0 Å². The number of amides is 2. The van der Waals surface area contributed by atoms with E-state index in [4.69, 9.17) is 5.11 Å². The first-order chi connectivity index (χ1) is 8.72. The monoisotopic (exact) mass is 275 g/mol. The number of carboxylic acid groups (broad SMARTS) is 1. The number of urea groups is 1. The average molecular weight is 275 g/mol. The Kier molecular flexibility index (Phi) is 7.40. The number of nitrogens with zero attached hydrogens (tertiary/aromatic N) is 1. The zero-order valence-electron chi connectivity index (χ0n) is 12.1. The van der Waals surface area contributed by atoms with E-state index in [-0.39, 0.29) is 12.6 Å². The van der Waals surface area contributed by atoms with Crippen molar-refractivity contribution in [1.82, 2.24) is 15.5 Å². The second-order valence-corrected chi connectivity index (χ2v) is 4.79. The molecule has 0 aromatic heterocycles. The van der Waals surface area contributed by atoms with Gasteiger partial charge in [-0.15, -0.1) is 0 Å². The van der Waals surface area contributed by atoms with Gasteiger partial charge in [0.25, 0.3) is 0 Å². The van der Waals surface area contributed by atoms with Gasteiger partial charge >= 0.3 is 12.0 Å². The molecule has 7 nitrogen and oxygen atoms in total. The lowest BCUT2D eigenvalue weighted by Gasteiger charge is -2.24. The highest BCUT2D eigenvalue weighted by Gasteiger charge is 2.30. The van der Waals surface area contributed by atoms with Gasteiger partial charge in [0.15, 0.2) is 5.60 Å². The molecule has 0 fully saturated rings. The summed E-state index contributed by atoms with van der Waals surface area (Å²) in [4.78, 5) is 24.4. The van der Waals surface area contributed by atoms with Crippen LogP contribution in [-0.2, 0) is 4.79 Å². The van der Waals surface area contributed by atoms with Gasteiger partial charge in [-0.2, -0.15) is 0 Å². The van der Waals surface area contributed by atoms with Crippen molar-refractivity contribution < 1.29 is 19.8 Å². The molecule has 0 rings (SSSR count). The summed E-state index contributed by atoms with van der Waals surface area (Å²) in [5.74, 6) is -1.37. The lowest BCUT2D eigenvalue weighted by Crippen LogP contribution is -2.52. The largest absolute Gasteiger partial charge is 0.479 e. The number of carbonyl (C=O) groups excluding carboxylic acids is 1. The highest BCUT2D eigenvalue weighted by atomic mass is 16.4. The van der Waals surface area contributed by atoms with Gasteiger partial charge < -0.3 is 25.7 Å². The summed E-state index contributed by atoms with van der Waals surface area (Å²) in [5.41, 5.74) is -1.96. The fourth-order valence-corrected chi connectivity index (χ4v) is 1.52. The number of aliphatic hydroxyl groups is 1. The average Bonchev–Trinajstić information content (AvgIpc) is 2.33. The van der Waals surface area contributed by atoms with Crippen molar-refractivity contribution in [3.8, 4) is 0 Å². The number of aliphatic carboxylic acids is 1. The van der Waals surface area contributed by atoms with Crippen LogP contribution in [0.3, 0.4) is 0 Å². The number of hydrogen-bond acceptors (Lipinski definition) is 4. The van der Waals surface area contributed by atoms with E-state index in [2.05, 4.69) is 15.5 Å². The van der Waals surface area contributed by atoms with E-state index in [1.54, 1.807) is 0 Å². The molecule has 4 N–H and O–H groups in total. The van der Waals surface area contributed by atoms with Crippen LogP contribution >= 0.6 is 0 Å². The second-order valence-electron chi connectivity index (χ2n) is 4.79. The van der Waals surface area contributed by atoms with Crippen molar-refractivity contribution in [3.63, 3.8) is 0 Å². The molecule has 0 aromatic rings. The third kappa shape index (κ3) is 6.97. The van der Waals surface area contributed by atoms with Crippen LogP contribution in [0.4, 0.5) is 4.79 Å². The molecular formula is C12H25N3O4. The molecule has 0 heterocycles. The van der Waals surface area contributed by atoms with Gasteiger partial charge in [0.2, 0.25) is 0 Å². The smallest absolute Gasteiger partial charge is 0.337 e. The Morgan fingerprint density at radius 2 is 1.84 bits per heavy atom. The molecule has 0 radical (unpaired) electrons. The van der Waals surface area contributed by atoms with Crippen LogP contribution in [0.2, 0.25) is 0 Å². The fourth-order valence-electron chi connectivity index (χ4n) is 1.52. The highest BCUT2D eigenvalue weighted by Crippen LogP contribution is 2.00.